The van der Waals surface area contributed by atoms with E-state index in [4.69, 9.17) is 4.74 Å². The van der Waals surface area contributed by atoms with E-state index < -0.39 is 0 Å². The fourth-order valence-corrected chi connectivity index (χ4v) is 3.82. The lowest BCUT2D eigenvalue weighted by Gasteiger charge is -2.18. The number of fused-ring (bicyclic) bond motifs is 1. The van der Waals surface area contributed by atoms with Gasteiger partial charge in [0.2, 0.25) is 11.8 Å². The largest absolute Gasteiger partial charge is 0.471 e. The number of hydrogen-bond donors (Lipinski definition) is 0. The summed E-state index contributed by atoms with van der Waals surface area (Å²) in [5, 5.41) is 8.16. The van der Waals surface area contributed by atoms with E-state index in [1.807, 2.05) is 25.1 Å². The molecule has 1 fully saturated rings. The van der Waals surface area contributed by atoms with Crippen molar-refractivity contribution in [3.8, 4) is 5.88 Å². The number of hydrogen-bond acceptors (Lipinski definition) is 7. The van der Waals surface area contributed by atoms with Crippen LogP contribution in [0.15, 0.2) is 36.4 Å². The summed E-state index contributed by atoms with van der Waals surface area (Å²) >= 11 is 0. The van der Waals surface area contributed by atoms with Gasteiger partial charge in [-0.05, 0) is 24.6 Å². The van der Waals surface area contributed by atoms with E-state index in [9.17, 15) is 14.4 Å². The van der Waals surface area contributed by atoms with Crippen LogP contribution in [0, 0.1) is 0 Å². The molecule has 4 rings (SSSR count). The van der Waals surface area contributed by atoms with Gasteiger partial charge in [0.15, 0.2) is 5.82 Å². The average molecular weight is 423 g/mol. The molecule has 2 aromatic rings. The van der Waals surface area contributed by atoms with Crippen molar-refractivity contribution in [1.82, 2.24) is 20.0 Å². The second-order valence-corrected chi connectivity index (χ2v) is 7.90. The molecular formula is C22H25N5O4. The Kier molecular flexibility index (Phi) is 5.83. The number of rotatable bonds is 7. The van der Waals surface area contributed by atoms with Crippen LogP contribution < -0.4 is 9.64 Å². The SMILES string of the molecule is CN(C)c1ccc(OC2CCN(C(=O)CCCN3C(=O)c4ccccc4C3=O)C2)nn1. The molecule has 3 amide bonds. The van der Waals surface area contributed by atoms with Crippen LogP contribution in [0.4, 0.5) is 5.82 Å². The minimum Gasteiger partial charge on any atom is -0.471 e. The maximum atomic E-state index is 12.6. The molecule has 0 radical (unpaired) electrons. The summed E-state index contributed by atoms with van der Waals surface area (Å²) in [6, 6.07) is 10.4. The van der Waals surface area contributed by atoms with Gasteiger partial charge in [0.1, 0.15) is 6.10 Å². The second kappa shape index (κ2) is 8.71. The molecule has 1 aromatic carbocycles. The Hall–Kier alpha value is -3.49. The van der Waals surface area contributed by atoms with Gasteiger partial charge in [0.05, 0.1) is 17.7 Å². The second-order valence-electron chi connectivity index (χ2n) is 7.90. The Bertz CT molecular complexity index is 957. The highest BCUT2D eigenvalue weighted by Crippen LogP contribution is 2.23. The number of imide groups is 1. The predicted octanol–water partition coefficient (Wildman–Crippen LogP) is 1.60. The summed E-state index contributed by atoms with van der Waals surface area (Å²) in [4.78, 5) is 42.2. The molecule has 0 aliphatic carbocycles. The Morgan fingerprint density at radius 2 is 1.81 bits per heavy atom. The zero-order valence-corrected chi connectivity index (χ0v) is 17.7. The zero-order valence-electron chi connectivity index (χ0n) is 17.7. The third-order valence-corrected chi connectivity index (χ3v) is 5.52. The monoisotopic (exact) mass is 423 g/mol. The number of carbonyl (C=O) groups excluding carboxylic acids is 3. The lowest BCUT2D eigenvalue weighted by molar-refractivity contribution is -0.130. The highest BCUT2D eigenvalue weighted by Gasteiger charge is 2.35. The molecule has 0 saturated carbocycles. The number of carbonyl (C=O) groups is 3. The molecule has 9 nitrogen and oxygen atoms in total. The standard InChI is InChI=1S/C22H25N5O4/c1-25(2)18-9-10-19(24-23-18)31-15-11-13-26(14-15)20(28)8-5-12-27-21(29)16-6-3-4-7-17(16)22(27)30/h3-4,6-7,9-10,15H,5,8,11-14H2,1-2H3. The quantitative estimate of drug-likeness (QED) is 0.624. The zero-order chi connectivity index (χ0) is 22.0. The van der Waals surface area contributed by atoms with Crippen molar-refractivity contribution in [1.29, 1.82) is 0 Å². The molecule has 0 N–H and O–H groups in total. The molecule has 0 spiro atoms. The van der Waals surface area contributed by atoms with Crippen molar-refractivity contribution >= 4 is 23.5 Å². The van der Waals surface area contributed by atoms with Crippen molar-refractivity contribution < 1.29 is 19.1 Å². The Morgan fingerprint density at radius 3 is 2.42 bits per heavy atom. The van der Waals surface area contributed by atoms with Gasteiger partial charge < -0.3 is 14.5 Å². The minimum absolute atomic E-state index is 0.00301. The molecule has 1 saturated heterocycles. The lowest BCUT2D eigenvalue weighted by Crippen LogP contribution is -2.33. The average Bonchev–Trinajstić information content (AvgIpc) is 3.33. The normalized spacial score (nSPS) is 17.8. The first-order valence-corrected chi connectivity index (χ1v) is 10.3. The molecule has 31 heavy (non-hydrogen) atoms. The Balaban J connectivity index is 1.23. The number of ether oxygens (including phenoxy) is 1. The van der Waals surface area contributed by atoms with Gasteiger partial charge in [-0.1, -0.05) is 12.1 Å². The summed E-state index contributed by atoms with van der Waals surface area (Å²) in [6.07, 6.45) is 1.31. The van der Waals surface area contributed by atoms with E-state index in [0.29, 0.717) is 36.5 Å². The van der Waals surface area contributed by atoms with Crippen molar-refractivity contribution in [3.63, 3.8) is 0 Å². The molecule has 1 aromatic heterocycles. The molecule has 1 atom stereocenters. The summed E-state index contributed by atoms with van der Waals surface area (Å²) < 4.78 is 5.86. The van der Waals surface area contributed by atoms with Crippen LogP contribution in [0.1, 0.15) is 40.0 Å². The van der Waals surface area contributed by atoms with E-state index in [1.165, 1.54) is 4.90 Å². The van der Waals surface area contributed by atoms with Gasteiger partial charge in [0.25, 0.3) is 11.8 Å². The summed E-state index contributed by atoms with van der Waals surface area (Å²) in [5.74, 6) is 0.606. The third kappa shape index (κ3) is 4.35. The topological polar surface area (TPSA) is 95.9 Å². The van der Waals surface area contributed by atoms with E-state index >= 15 is 0 Å². The van der Waals surface area contributed by atoms with Gasteiger partial charge in [-0.15, -0.1) is 10.2 Å². The molecule has 9 heteroatoms. The van der Waals surface area contributed by atoms with Crippen molar-refractivity contribution in [2.75, 3.05) is 38.6 Å². The highest BCUT2D eigenvalue weighted by atomic mass is 16.5. The number of likely N-dealkylation sites (tertiary alicyclic amines) is 1. The van der Waals surface area contributed by atoms with Crippen LogP contribution in [0.3, 0.4) is 0 Å². The lowest BCUT2D eigenvalue weighted by atomic mass is 10.1. The number of benzene rings is 1. The fraction of sp³-hybridized carbons (Fsp3) is 0.409. The minimum atomic E-state index is -0.288. The third-order valence-electron chi connectivity index (χ3n) is 5.52. The van der Waals surface area contributed by atoms with Crippen molar-refractivity contribution in [2.45, 2.75) is 25.4 Å². The van der Waals surface area contributed by atoms with Crippen LogP contribution in [-0.4, -0.2) is 77.6 Å². The van der Waals surface area contributed by atoms with Gasteiger partial charge in [-0.3, -0.25) is 19.3 Å². The van der Waals surface area contributed by atoms with Crippen molar-refractivity contribution in [3.05, 3.63) is 47.5 Å². The summed E-state index contributed by atoms with van der Waals surface area (Å²) in [6.45, 7) is 1.34. The predicted molar refractivity (Wildman–Crippen MR) is 113 cm³/mol. The Labute approximate surface area is 180 Å². The van der Waals surface area contributed by atoms with Crippen LogP contribution in [0.25, 0.3) is 0 Å². The van der Waals surface area contributed by atoms with E-state index in [1.54, 1.807) is 35.2 Å². The molecule has 162 valence electrons. The fourth-order valence-electron chi connectivity index (χ4n) is 3.82. The molecule has 2 aliphatic rings. The first-order chi connectivity index (χ1) is 14.9. The van der Waals surface area contributed by atoms with Gasteiger partial charge in [-0.2, -0.15) is 0 Å². The van der Waals surface area contributed by atoms with Crippen LogP contribution in [-0.2, 0) is 4.79 Å². The van der Waals surface area contributed by atoms with Gasteiger partial charge >= 0.3 is 0 Å². The first kappa shape index (κ1) is 20.8. The highest BCUT2D eigenvalue weighted by molar-refractivity contribution is 6.21. The molecule has 2 aliphatic heterocycles. The van der Waals surface area contributed by atoms with Crippen LogP contribution in [0.2, 0.25) is 0 Å². The maximum absolute atomic E-state index is 12.6. The molecule has 3 heterocycles. The van der Waals surface area contributed by atoms with Gasteiger partial charge in [0, 0.05) is 46.1 Å². The number of nitrogens with zero attached hydrogens (tertiary/aromatic N) is 5. The number of anilines is 1. The van der Waals surface area contributed by atoms with E-state index in [-0.39, 0.29) is 36.8 Å². The molecule has 1 unspecified atom stereocenters. The van der Waals surface area contributed by atoms with Gasteiger partial charge in [-0.25, -0.2) is 0 Å². The van der Waals surface area contributed by atoms with Crippen LogP contribution in [0.5, 0.6) is 5.88 Å². The maximum Gasteiger partial charge on any atom is 0.261 e. The summed E-state index contributed by atoms with van der Waals surface area (Å²) in [7, 11) is 3.78. The smallest absolute Gasteiger partial charge is 0.261 e. The Morgan fingerprint density at radius 1 is 1.10 bits per heavy atom. The number of aromatic nitrogens is 2. The van der Waals surface area contributed by atoms with Crippen LogP contribution >= 0.6 is 0 Å². The number of amides is 3. The van der Waals surface area contributed by atoms with E-state index in [0.717, 1.165) is 12.2 Å². The van der Waals surface area contributed by atoms with E-state index in [2.05, 4.69) is 10.2 Å². The summed E-state index contributed by atoms with van der Waals surface area (Å²) in [5.41, 5.74) is 0.861. The first-order valence-electron chi connectivity index (χ1n) is 10.3. The van der Waals surface area contributed by atoms with Crippen molar-refractivity contribution in [2.24, 2.45) is 0 Å². The molecule has 0 bridgehead atoms. The molecular weight excluding hydrogens is 398 g/mol.